The second-order valence-electron chi connectivity index (χ2n) is 8.14. The van der Waals surface area contributed by atoms with Crippen molar-refractivity contribution in [2.75, 3.05) is 13.1 Å². The lowest BCUT2D eigenvalue weighted by Gasteiger charge is -2.33. The zero-order valence-corrected chi connectivity index (χ0v) is 18.8. The van der Waals surface area contributed by atoms with Crippen molar-refractivity contribution in [2.24, 2.45) is 0 Å². The number of fused-ring (bicyclic) bond motifs is 1. The van der Waals surface area contributed by atoms with Gasteiger partial charge in [-0.3, -0.25) is 4.79 Å². The van der Waals surface area contributed by atoms with Crippen LogP contribution in [-0.4, -0.2) is 41.0 Å². The summed E-state index contributed by atoms with van der Waals surface area (Å²) in [6.45, 7) is 5.66. The van der Waals surface area contributed by atoms with Gasteiger partial charge in [-0.2, -0.15) is 0 Å². The van der Waals surface area contributed by atoms with Gasteiger partial charge in [-0.05, 0) is 42.8 Å². The van der Waals surface area contributed by atoms with Gasteiger partial charge in [-0.15, -0.1) is 11.3 Å². The van der Waals surface area contributed by atoms with E-state index in [9.17, 15) is 4.79 Å². The van der Waals surface area contributed by atoms with Crippen LogP contribution >= 0.6 is 22.7 Å². The van der Waals surface area contributed by atoms with E-state index in [0.29, 0.717) is 0 Å². The number of nitrogens with zero attached hydrogens (tertiary/aromatic N) is 2. The van der Waals surface area contributed by atoms with E-state index in [1.807, 2.05) is 4.90 Å². The minimum atomic E-state index is -0.162. The van der Waals surface area contributed by atoms with E-state index >= 15 is 0 Å². The highest BCUT2D eigenvalue weighted by molar-refractivity contribution is 7.20. The van der Waals surface area contributed by atoms with Gasteiger partial charge in [-0.1, -0.05) is 29.5 Å². The fourth-order valence-electron chi connectivity index (χ4n) is 4.24. The molecule has 4 heterocycles. The number of benzene rings is 1. The van der Waals surface area contributed by atoms with Gasteiger partial charge in [0, 0.05) is 30.8 Å². The highest BCUT2D eigenvalue weighted by atomic mass is 32.1. The molecule has 2 unspecified atom stereocenters. The quantitative estimate of drug-likeness (QED) is 0.640. The summed E-state index contributed by atoms with van der Waals surface area (Å²) in [5.41, 5.74) is 9.93. The Morgan fingerprint density at radius 2 is 1.97 bits per heavy atom. The Morgan fingerprint density at radius 3 is 2.70 bits per heavy atom. The maximum absolute atomic E-state index is 12.9. The molecule has 8 heteroatoms. The van der Waals surface area contributed by atoms with Crippen LogP contribution in [0.1, 0.15) is 41.3 Å². The fraction of sp³-hybridized carbons (Fsp3) is 0.455. The van der Waals surface area contributed by atoms with Gasteiger partial charge in [0.2, 0.25) is 5.91 Å². The number of hydrogen-bond donors (Lipinski definition) is 2. The summed E-state index contributed by atoms with van der Waals surface area (Å²) in [6, 6.07) is 8.47. The molecular formula is C22H26N4O2S2. The lowest BCUT2D eigenvalue weighted by atomic mass is 10.0. The van der Waals surface area contributed by atoms with Gasteiger partial charge < -0.3 is 9.64 Å². The van der Waals surface area contributed by atoms with E-state index in [1.54, 1.807) is 22.7 Å². The molecule has 2 aliphatic heterocycles. The smallest absolute Gasteiger partial charge is 0.274 e. The van der Waals surface area contributed by atoms with Crippen LogP contribution < -0.4 is 15.6 Å². The Balaban J connectivity index is 1.16. The Labute approximate surface area is 184 Å². The highest BCUT2D eigenvalue weighted by Gasteiger charge is 2.35. The van der Waals surface area contributed by atoms with Crippen LogP contribution in [-0.2, 0) is 4.79 Å². The van der Waals surface area contributed by atoms with Crippen molar-refractivity contribution >= 4 is 38.8 Å². The van der Waals surface area contributed by atoms with Gasteiger partial charge >= 0.3 is 0 Å². The maximum atomic E-state index is 12.9. The van der Waals surface area contributed by atoms with Crippen LogP contribution in [0.3, 0.4) is 0 Å². The minimum Gasteiger partial charge on any atom is -0.467 e. The van der Waals surface area contributed by atoms with Crippen molar-refractivity contribution in [3.63, 3.8) is 0 Å². The number of carbonyl (C=O) groups excluding carboxylic acids is 1. The molecule has 2 N–H and O–H groups in total. The average Bonchev–Trinajstić information content (AvgIpc) is 3.51. The van der Waals surface area contributed by atoms with E-state index in [4.69, 9.17) is 9.72 Å². The first-order chi connectivity index (χ1) is 14.6. The first kappa shape index (κ1) is 19.9. The largest absolute Gasteiger partial charge is 0.467 e. The summed E-state index contributed by atoms with van der Waals surface area (Å²) in [7, 11) is 0. The third kappa shape index (κ3) is 3.85. The van der Waals surface area contributed by atoms with Gasteiger partial charge in [0.1, 0.15) is 12.1 Å². The predicted molar refractivity (Wildman–Crippen MR) is 121 cm³/mol. The van der Waals surface area contributed by atoms with E-state index in [-0.39, 0.29) is 24.1 Å². The number of aryl methyl sites for hydroxylation is 2. The number of carbonyl (C=O) groups is 1. The molecule has 2 aromatic heterocycles. The lowest BCUT2D eigenvalue weighted by molar-refractivity contribution is -0.135. The molecule has 2 saturated heterocycles. The van der Waals surface area contributed by atoms with Gasteiger partial charge in [0.25, 0.3) is 5.19 Å². The van der Waals surface area contributed by atoms with Crippen molar-refractivity contribution in [1.29, 1.82) is 0 Å². The van der Waals surface area contributed by atoms with E-state index < -0.39 is 0 Å². The van der Waals surface area contributed by atoms with Gasteiger partial charge in [0.05, 0.1) is 16.3 Å². The summed E-state index contributed by atoms with van der Waals surface area (Å²) in [5, 5.41) is 2.82. The van der Waals surface area contributed by atoms with E-state index in [0.717, 1.165) is 43.1 Å². The molecular weight excluding hydrogens is 416 g/mol. The lowest BCUT2D eigenvalue weighted by Crippen LogP contribution is -2.49. The van der Waals surface area contributed by atoms with Crippen LogP contribution in [0, 0.1) is 13.8 Å². The minimum absolute atomic E-state index is 0.115. The average molecular weight is 443 g/mol. The molecule has 1 aromatic carbocycles. The standard InChI is InChI=1S/C22H26N4O2S2/c1-13-5-6-14(2)20-19(13)23-22(30-20)28-15-7-9-26(10-8-15)21(27)17-12-16(24-25-17)18-4-3-11-29-18/h3-6,11,15-17,24-25H,7-10,12H2,1-2H3. The number of ether oxygens (including phenoxy) is 1. The number of amides is 1. The SMILES string of the molecule is Cc1ccc(C)c2sc(OC3CCN(C(=O)C4CC(c5cccs5)NN4)CC3)nc12. The Hall–Kier alpha value is -2.00. The van der Waals surface area contributed by atoms with Crippen LogP contribution in [0.5, 0.6) is 5.19 Å². The highest BCUT2D eigenvalue weighted by Crippen LogP contribution is 2.34. The molecule has 5 rings (SSSR count). The van der Waals surface area contributed by atoms with Crippen molar-refractivity contribution in [3.05, 3.63) is 45.6 Å². The first-order valence-corrected chi connectivity index (χ1v) is 12.1. The molecule has 0 saturated carbocycles. The summed E-state index contributed by atoms with van der Waals surface area (Å²) < 4.78 is 7.42. The number of piperidine rings is 1. The summed E-state index contributed by atoms with van der Waals surface area (Å²) >= 11 is 3.35. The molecule has 0 aliphatic carbocycles. The zero-order valence-electron chi connectivity index (χ0n) is 17.2. The van der Waals surface area contributed by atoms with Crippen LogP contribution in [0.15, 0.2) is 29.6 Å². The second-order valence-corrected chi connectivity index (χ2v) is 10.1. The molecule has 6 nitrogen and oxygen atoms in total. The molecule has 2 atom stereocenters. The molecule has 0 spiro atoms. The van der Waals surface area contributed by atoms with Crippen molar-refractivity contribution in [1.82, 2.24) is 20.7 Å². The number of hydrazine groups is 1. The number of thiophene rings is 1. The predicted octanol–water partition coefficient (Wildman–Crippen LogP) is 3.95. The monoisotopic (exact) mass is 442 g/mol. The molecule has 1 amide bonds. The zero-order chi connectivity index (χ0) is 20.7. The Bertz CT molecular complexity index is 1000. The van der Waals surface area contributed by atoms with Gasteiger partial charge in [-0.25, -0.2) is 15.8 Å². The topological polar surface area (TPSA) is 66.5 Å². The van der Waals surface area contributed by atoms with Crippen molar-refractivity contribution in [3.8, 4) is 5.19 Å². The number of nitrogens with one attached hydrogen (secondary N) is 2. The second kappa shape index (κ2) is 8.26. The number of rotatable bonds is 4. The number of likely N-dealkylation sites (tertiary alicyclic amines) is 1. The molecule has 0 radical (unpaired) electrons. The summed E-state index contributed by atoms with van der Waals surface area (Å²) in [6.07, 6.45) is 2.59. The molecule has 2 fully saturated rings. The number of aromatic nitrogens is 1. The Morgan fingerprint density at radius 1 is 1.17 bits per heavy atom. The molecule has 30 heavy (non-hydrogen) atoms. The normalized spacial score (nSPS) is 22.7. The summed E-state index contributed by atoms with van der Waals surface area (Å²) in [4.78, 5) is 20.9. The number of thiazole rings is 1. The van der Waals surface area contributed by atoms with Crippen molar-refractivity contribution in [2.45, 2.75) is 51.3 Å². The fourth-order valence-corrected chi connectivity index (χ4v) is 6.06. The Kier molecular flexibility index (Phi) is 5.49. The molecule has 3 aromatic rings. The third-order valence-electron chi connectivity index (χ3n) is 6.03. The third-order valence-corrected chi connectivity index (χ3v) is 8.10. The molecule has 158 valence electrons. The molecule has 0 bridgehead atoms. The van der Waals surface area contributed by atoms with E-state index in [1.165, 1.54) is 20.7 Å². The van der Waals surface area contributed by atoms with Crippen LogP contribution in [0.25, 0.3) is 10.2 Å². The molecule has 2 aliphatic rings. The number of hydrogen-bond acceptors (Lipinski definition) is 7. The van der Waals surface area contributed by atoms with Crippen molar-refractivity contribution < 1.29 is 9.53 Å². The van der Waals surface area contributed by atoms with Crippen LogP contribution in [0.2, 0.25) is 0 Å². The van der Waals surface area contributed by atoms with E-state index in [2.05, 4.69) is 54.3 Å². The first-order valence-electron chi connectivity index (χ1n) is 10.4. The van der Waals surface area contributed by atoms with Crippen LogP contribution in [0.4, 0.5) is 0 Å². The maximum Gasteiger partial charge on any atom is 0.274 e. The van der Waals surface area contributed by atoms with Gasteiger partial charge in [0.15, 0.2) is 0 Å². The summed E-state index contributed by atoms with van der Waals surface area (Å²) in [5.74, 6) is 0.186.